The molecule has 2 aromatic rings. The topological polar surface area (TPSA) is 66.5 Å². The molecule has 1 atom stereocenters. The quantitative estimate of drug-likeness (QED) is 0.791. The van der Waals surface area contributed by atoms with E-state index in [0.717, 1.165) is 6.54 Å². The fraction of sp³-hybridized carbons (Fsp3) is 0.364. The van der Waals surface area contributed by atoms with Crippen LogP contribution in [0.4, 0.5) is 0 Å². The third kappa shape index (κ3) is 3.28. The summed E-state index contributed by atoms with van der Waals surface area (Å²) in [5, 5.41) is 17.2. The van der Waals surface area contributed by atoms with Crippen molar-refractivity contribution >= 4 is 11.8 Å². The largest absolute Gasteiger partial charge is 0.303 e. The molecule has 0 saturated heterocycles. The smallest absolute Gasteiger partial charge is 0.191 e. The number of nitrogens with zero attached hydrogens (tertiary/aromatic N) is 3. The van der Waals surface area contributed by atoms with Gasteiger partial charge in [-0.25, -0.2) is 0 Å². The highest BCUT2D eigenvalue weighted by molar-refractivity contribution is 7.98. The van der Waals surface area contributed by atoms with Crippen LogP contribution in [0.2, 0.25) is 0 Å². The van der Waals surface area contributed by atoms with E-state index in [4.69, 9.17) is 0 Å². The molecular formula is C11H15N5S. The second-order valence-corrected chi connectivity index (χ2v) is 4.60. The molecule has 5 nitrogen and oxygen atoms in total. The Kier molecular flexibility index (Phi) is 4.11. The average Bonchev–Trinajstić information content (AvgIpc) is 2.90. The van der Waals surface area contributed by atoms with E-state index in [9.17, 15) is 0 Å². The molecule has 6 heteroatoms. The van der Waals surface area contributed by atoms with Gasteiger partial charge in [0.2, 0.25) is 0 Å². The lowest BCUT2D eigenvalue weighted by molar-refractivity contribution is 0.546. The van der Waals surface area contributed by atoms with E-state index < -0.39 is 0 Å². The summed E-state index contributed by atoms with van der Waals surface area (Å²) >= 11 is 1.75. The fourth-order valence-electron chi connectivity index (χ4n) is 1.46. The van der Waals surface area contributed by atoms with Crippen molar-refractivity contribution in [3.63, 3.8) is 0 Å². The van der Waals surface area contributed by atoms with E-state index in [0.29, 0.717) is 5.82 Å². The van der Waals surface area contributed by atoms with Gasteiger partial charge in [0.05, 0.1) is 6.04 Å². The molecule has 2 rings (SSSR count). The summed E-state index contributed by atoms with van der Waals surface area (Å²) in [6.45, 7) is 2.81. The number of rotatable bonds is 5. The summed E-state index contributed by atoms with van der Waals surface area (Å²) in [4.78, 5) is 1.28. The Labute approximate surface area is 104 Å². The molecule has 1 unspecified atom stereocenters. The van der Waals surface area contributed by atoms with Gasteiger partial charge in [-0.15, -0.1) is 22.0 Å². The van der Waals surface area contributed by atoms with Gasteiger partial charge in [-0.2, -0.15) is 5.21 Å². The summed E-state index contributed by atoms with van der Waals surface area (Å²) in [5.41, 5.74) is 1.25. The molecule has 0 fully saturated rings. The van der Waals surface area contributed by atoms with Crippen LogP contribution < -0.4 is 5.32 Å². The Balaban J connectivity index is 1.89. The van der Waals surface area contributed by atoms with Gasteiger partial charge >= 0.3 is 0 Å². The van der Waals surface area contributed by atoms with Crippen LogP contribution >= 0.6 is 11.8 Å². The Morgan fingerprint density at radius 2 is 2.12 bits per heavy atom. The van der Waals surface area contributed by atoms with Crippen LogP contribution in [0.3, 0.4) is 0 Å². The molecule has 2 N–H and O–H groups in total. The van der Waals surface area contributed by atoms with E-state index in [1.807, 2.05) is 6.92 Å². The van der Waals surface area contributed by atoms with Crippen LogP contribution in [-0.4, -0.2) is 26.9 Å². The average molecular weight is 249 g/mol. The molecule has 0 spiro atoms. The standard InChI is InChI=1S/C11H15N5S/c1-8(11-13-15-16-14-11)12-7-9-3-5-10(17-2)6-4-9/h3-6,8,12H,7H2,1-2H3,(H,13,14,15,16). The summed E-state index contributed by atoms with van der Waals surface area (Å²) in [7, 11) is 0. The van der Waals surface area contributed by atoms with Crippen LogP contribution in [0.15, 0.2) is 29.2 Å². The first-order chi connectivity index (χ1) is 8.29. The monoisotopic (exact) mass is 249 g/mol. The van der Waals surface area contributed by atoms with Crippen LogP contribution in [0.25, 0.3) is 0 Å². The number of tetrazole rings is 1. The van der Waals surface area contributed by atoms with E-state index in [1.165, 1.54) is 10.5 Å². The molecule has 0 aliphatic rings. The summed E-state index contributed by atoms with van der Waals surface area (Å²) in [6.07, 6.45) is 2.07. The van der Waals surface area contributed by atoms with Gasteiger partial charge in [0.1, 0.15) is 0 Å². The zero-order chi connectivity index (χ0) is 12.1. The van der Waals surface area contributed by atoms with Crippen molar-refractivity contribution < 1.29 is 0 Å². The van der Waals surface area contributed by atoms with Crippen LogP contribution in [0.1, 0.15) is 24.4 Å². The van der Waals surface area contributed by atoms with Crippen molar-refractivity contribution in [2.75, 3.05) is 6.26 Å². The first kappa shape index (κ1) is 12.1. The Bertz CT molecular complexity index is 439. The number of H-pyrrole nitrogens is 1. The number of hydrogen-bond acceptors (Lipinski definition) is 5. The van der Waals surface area contributed by atoms with Crippen molar-refractivity contribution in [3.05, 3.63) is 35.7 Å². The first-order valence-electron chi connectivity index (χ1n) is 5.39. The zero-order valence-corrected chi connectivity index (χ0v) is 10.7. The van der Waals surface area contributed by atoms with Crippen LogP contribution in [0, 0.1) is 0 Å². The van der Waals surface area contributed by atoms with E-state index in [-0.39, 0.29) is 6.04 Å². The Hall–Kier alpha value is -1.40. The van der Waals surface area contributed by atoms with Gasteiger partial charge in [0, 0.05) is 11.4 Å². The molecular weight excluding hydrogens is 234 g/mol. The second kappa shape index (κ2) is 5.79. The van der Waals surface area contributed by atoms with Gasteiger partial charge in [-0.1, -0.05) is 17.3 Å². The van der Waals surface area contributed by atoms with Crippen LogP contribution in [0.5, 0.6) is 0 Å². The number of aromatic amines is 1. The molecule has 0 aliphatic carbocycles. The minimum absolute atomic E-state index is 0.0916. The highest BCUT2D eigenvalue weighted by Gasteiger charge is 2.08. The van der Waals surface area contributed by atoms with Gasteiger partial charge in [0.15, 0.2) is 5.82 Å². The molecule has 1 aromatic heterocycles. The third-order valence-electron chi connectivity index (χ3n) is 2.52. The van der Waals surface area contributed by atoms with E-state index in [2.05, 4.69) is 56.5 Å². The van der Waals surface area contributed by atoms with Gasteiger partial charge in [-0.3, -0.25) is 0 Å². The highest BCUT2D eigenvalue weighted by atomic mass is 32.2. The Morgan fingerprint density at radius 3 is 2.71 bits per heavy atom. The molecule has 0 bridgehead atoms. The molecule has 1 heterocycles. The lowest BCUT2D eigenvalue weighted by atomic mass is 10.2. The molecule has 0 saturated carbocycles. The number of thioether (sulfide) groups is 1. The SMILES string of the molecule is CSc1ccc(CNC(C)c2nn[nH]n2)cc1. The lowest BCUT2D eigenvalue weighted by Gasteiger charge is -2.09. The number of aromatic nitrogens is 4. The minimum atomic E-state index is 0.0916. The maximum atomic E-state index is 3.94. The normalized spacial score (nSPS) is 12.6. The van der Waals surface area contributed by atoms with Crippen molar-refractivity contribution in [2.45, 2.75) is 24.4 Å². The second-order valence-electron chi connectivity index (χ2n) is 3.72. The van der Waals surface area contributed by atoms with Crippen molar-refractivity contribution in [1.82, 2.24) is 25.9 Å². The predicted molar refractivity (Wildman–Crippen MR) is 67.7 cm³/mol. The lowest BCUT2D eigenvalue weighted by Crippen LogP contribution is -2.19. The van der Waals surface area contributed by atoms with Gasteiger partial charge in [0.25, 0.3) is 0 Å². The molecule has 0 radical (unpaired) electrons. The van der Waals surface area contributed by atoms with Crippen molar-refractivity contribution in [3.8, 4) is 0 Å². The fourth-order valence-corrected chi connectivity index (χ4v) is 1.87. The summed E-state index contributed by atoms with van der Waals surface area (Å²) in [6, 6.07) is 8.60. The zero-order valence-electron chi connectivity index (χ0n) is 9.84. The molecule has 90 valence electrons. The van der Waals surface area contributed by atoms with Crippen molar-refractivity contribution in [1.29, 1.82) is 0 Å². The van der Waals surface area contributed by atoms with Crippen LogP contribution in [-0.2, 0) is 6.54 Å². The molecule has 1 aromatic carbocycles. The Morgan fingerprint density at radius 1 is 1.35 bits per heavy atom. The highest BCUT2D eigenvalue weighted by Crippen LogP contribution is 2.15. The maximum Gasteiger partial charge on any atom is 0.191 e. The third-order valence-corrected chi connectivity index (χ3v) is 3.26. The van der Waals surface area contributed by atoms with E-state index in [1.54, 1.807) is 11.8 Å². The maximum absolute atomic E-state index is 3.94. The molecule has 17 heavy (non-hydrogen) atoms. The summed E-state index contributed by atoms with van der Waals surface area (Å²) < 4.78 is 0. The number of benzene rings is 1. The molecule has 0 aliphatic heterocycles. The van der Waals surface area contributed by atoms with Crippen molar-refractivity contribution in [2.24, 2.45) is 0 Å². The minimum Gasteiger partial charge on any atom is -0.303 e. The van der Waals surface area contributed by atoms with Gasteiger partial charge < -0.3 is 5.32 Å². The number of hydrogen-bond donors (Lipinski definition) is 2. The number of nitrogens with one attached hydrogen (secondary N) is 2. The summed E-state index contributed by atoms with van der Waals surface area (Å²) in [5.74, 6) is 0.686. The van der Waals surface area contributed by atoms with Gasteiger partial charge in [-0.05, 0) is 30.9 Å². The molecule has 0 amide bonds. The first-order valence-corrected chi connectivity index (χ1v) is 6.61. The van der Waals surface area contributed by atoms with E-state index >= 15 is 0 Å². The predicted octanol–water partition coefficient (Wildman–Crippen LogP) is 1.77.